The molecule has 2 aromatic carbocycles. The van der Waals surface area contributed by atoms with E-state index in [1.54, 1.807) is 22.9 Å². The van der Waals surface area contributed by atoms with Crippen molar-refractivity contribution >= 4 is 34.4 Å². The number of H-pyrrole nitrogens is 1. The lowest BCUT2D eigenvalue weighted by Crippen LogP contribution is -2.15. The number of anilines is 1. The van der Waals surface area contributed by atoms with Crippen LogP contribution in [0.5, 0.6) is 11.5 Å². The van der Waals surface area contributed by atoms with Gasteiger partial charge < -0.3 is 19.8 Å². The molecule has 4 aromatic rings. The van der Waals surface area contributed by atoms with Gasteiger partial charge in [0.15, 0.2) is 22.3 Å². The highest BCUT2D eigenvalue weighted by Gasteiger charge is 2.16. The van der Waals surface area contributed by atoms with Crippen molar-refractivity contribution in [2.45, 2.75) is 19.0 Å². The summed E-state index contributed by atoms with van der Waals surface area (Å²) in [6.45, 7) is 4.22. The van der Waals surface area contributed by atoms with Crippen LogP contribution in [0.25, 0.3) is 16.7 Å². The number of aryl methyl sites for hydroxylation is 2. The van der Waals surface area contributed by atoms with Gasteiger partial charge in [-0.15, -0.1) is 0 Å². The summed E-state index contributed by atoms with van der Waals surface area (Å²) in [5.41, 5.74) is 3.84. The minimum Gasteiger partial charge on any atom is -0.454 e. The summed E-state index contributed by atoms with van der Waals surface area (Å²) in [5.74, 6) is 1.07. The van der Waals surface area contributed by atoms with Crippen molar-refractivity contribution in [1.29, 1.82) is 0 Å². The van der Waals surface area contributed by atoms with E-state index in [4.69, 9.17) is 9.47 Å². The molecule has 1 aliphatic rings. The minimum atomic E-state index is -0.302. The van der Waals surface area contributed by atoms with Crippen LogP contribution < -0.4 is 20.3 Å². The molecule has 0 saturated heterocycles. The van der Waals surface area contributed by atoms with E-state index in [-0.39, 0.29) is 24.0 Å². The van der Waals surface area contributed by atoms with Crippen LogP contribution in [-0.4, -0.2) is 38.2 Å². The third-order valence-corrected chi connectivity index (χ3v) is 6.02. The van der Waals surface area contributed by atoms with E-state index in [1.807, 2.05) is 32.0 Å². The first kappa shape index (κ1) is 20.1. The fraction of sp³-hybridized carbons (Fsp3) is 0.182. The van der Waals surface area contributed by atoms with Crippen LogP contribution >= 0.6 is 11.8 Å². The number of thioether (sulfide) groups is 1. The average molecular weight is 449 g/mol. The summed E-state index contributed by atoms with van der Waals surface area (Å²) in [7, 11) is 0. The topological polar surface area (TPSA) is 111 Å². The number of nitrogens with zero attached hydrogens (tertiary/aromatic N) is 3. The average Bonchev–Trinajstić information content (AvgIpc) is 3.41. The monoisotopic (exact) mass is 449 g/mol. The quantitative estimate of drug-likeness (QED) is 0.356. The summed E-state index contributed by atoms with van der Waals surface area (Å²) in [4.78, 5) is 32.2. The molecule has 0 radical (unpaired) electrons. The Morgan fingerprint density at radius 2 is 2.00 bits per heavy atom. The van der Waals surface area contributed by atoms with E-state index >= 15 is 0 Å². The van der Waals surface area contributed by atoms with Gasteiger partial charge in [0.25, 0.3) is 5.56 Å². The Labute approximate surface area is 186 Å². The second-order valence-corrected chi connectivity index (χ2v) is 8.30. The highest BCUT2D eigenvalue weighted by molar-refractivity contribution is 7.99. The van der Waals surface area contributed by atoms with Gasteiger partial charge in [-0.25, -0.2) is 9.67 Å². The van der Waals surface area contributed by atoms with Crippen molar-refractivity contribution in [3.8, 4) is 17.2 Å². The van der Waals surface area contributed by atoms with Crippen LogP contribution in [-0.2, 0) is 4.79 Å². The normalized spacial score (nSPS) is 12.3. The van der Waals surface area contributed by atoms with Crippen molar-refractivity contribution < 1.29 is 14.3 Å². The van der Waals surface area contributed by atoms with Gasteiger partial charge in [0, 0.05) is 11.8 Å². The zero-order valence-electron chi connectivity index (χ0n) is 17.3. The van der Waals surface area contributed by atoms with E-state index in [0.29, 0.717) is 33.4 Å². The number of aromatic nitrogens is 4. The molecule has 0 bridgehead atoms. The molecule has 5 rings (SSSR count). The lowest BCUT2D eigenvalue weighted by atomic mass is 10.1. The number of amides is 1. The maximum absolute atomic E-state index is 12.5. The number of aromatic amines is 1. The SMILES string of the molecule is Cc1ccc(-n2ncc3c(=O)[nH]c(SCC(=O)Nc4ccc5c(c4)OCO5)nc32)cc1C. The van der Waals surface area contributed by atoms with E-state index in [2.05, 4.69) is 20.4 Å². The summed E-state index contributed by atoms with van der Waals surface area (Å²) >= 11 is 1.14. The molecular weight excluding hydrogens is 430 g/mol. The highest BCUT2D eigenvalue weighted by Crippen LogP contribution is 2.34. The van der Waals surface area contributed by atoms with Crippen molar-refractivity contribution in [3.05, 3.63) is 64.1 Å². The van der Waals surface area contributed by atoms with Crippen LogP contribution in [0.2, 0.25) is 0 Å². The van der Waals surface area contributed by atoms with Gasteiger partial charge in [0.2, 0.25) is 12.7 Å². The van der Waals surface area contributed by atoms with Gasteiger partial charge in [-0.05, 0) is 49.2 Å². The number of rotatable bonds is 5. The van der Waals surface area contributed by atoms with Gasteiger partial charge in [-0.3, -0.25) is 9.59 Å². The van der Waals surface area contributed by atoms with Crippen molar-refractivity contribution in [3.63, 3.8) is 0 Å². The number of carbonyl (C=O) groups excluding carboxylic acids is 1. The molecule has 32 heavy (non-hydrogen) atoms. The van der Waals surface area contributed by atoms with E-state index < -0.39 is 0 Å². The molecule has 0 unspecified atom stereocenters. The van der Waals surface area contributed by atoms with E-state index in [1.165, 1.54) is 11.8 Å². The lowest BCUT2D eigenvalue weighted by molar-refractivity contribution is -0.113. The number of hydrogen-bond donors (Lipinski definition) is 2. The second kappa shape index (κ2) is 8.04. The molecule has 9 nitrogen and oxygen atoms in total. The summed E-state index contributed by atoms with van der Waals surface area (Å²) < 4.78 is 12.2. The van der Waals surface area contributed by atoms with Crippen molar-refractivity contribution in [2.24, 2.45) is 0 Å². The third kappa shape index (κ3) is 3.80. The molecule has 3 heterocycles. The number of benzene rings is 2. The zero-order valence-corrected chi connectivity index (χ0v) is 18.2. The fourth-order valence-corrected chi connectivity index (χ4v) is 3.97. The first-order valence-electron chi connectivity index (χ1n) is 9.86. The Bertz CT molecular complexity index is 1410. The fourth-order valence-electron chi connectivity index (χ4n) is 3.32. The maximum Gasteiger partial charge on any atom is 0.262 e. The van der Waals surface area contributed by atoms with Crippen molar-refractivity contribution in [1.82, 2.24) is 19.7 Å². The standard InChI is InChI=1S/C22H19N5O4S/c1-12-3-5-15(7-13(12)2)27-20-16(9-23-27)21(29)26-22(25-20)32-10-19(28)24-14-4-6-17-18(8-14)31-11-30-17/h3-9H,10-11H2,1-2H3,(H,24,28)(H,25,26,29). The summed E-state index contributed by atoms with van der Waals surface area (Å²) in [6, 6.07) is 11.1. The zero-order chi connectivity index (χ0) is 22.2. The molecule has 0 atom stereocenters. The number of carbonyl (C=O) groups is 1. The molecule has 1 aliphatic heterocycles. The molecule has 162 valence electrons. The van der Waals surface area contributed by atoms with Gasteiger partial charge >= 0.3 is 0 Å². The van der Waals surface area contributed by atoms with Crippen molar-refractivity contribution in [2.75, 3.05) is 17.9 Å². The Kier molecular flexibility index (Phi) is 5.06. The van der Waals surface area contributed by atoms with Gasteiger partial charge in [-0.1, -0.05) is 17.8 Å². The van der Waals surface area contributed by atoms with E-state index in [0.717, 1.165) is 23.0 Å². The molecule has 0 aliphatic carbocycles. The molecular formula is C22H19N5O4S. The molecule has 1 amide bonds. The smallest absolute Gasteiger partial charge is 0.262 e. The van der Waals surface area contributed by atoms with Gasteiger partial charge in [0.05, 0.1) is 17.6 Å². The first-order valence-corrected chi connectivity index (χ1v) is 10.8. The predicted molar refractivity (Wildman–Crippen MR) is 121 cm³/mol. The van der Waals surface area contributed by atoms with Crippen LogP contribution in [0.1, 0.15) is 11.1 Å². The van der Waals surface area contributed by atoms with Crippen LogP contribution in [0.15, 0.2) is 52.5 Å². The molecule has 0 fully saturated rings. The van der Waals surface area contributed by atoms with Crippen LogP contribution in [0.4, 0.5) is 5.69 Å². The third-order valence-electron chi connectivity index (χ3n) is 5.15. The lowest BCUT2D eigenvalue weighted by Gasteiger charge is -2.08. The number of ether oxygens (including phenoxy) is 2. The molecule has 0 saturated carbocycles. The Balaban J connectivity index is 1.34. The summed E-state index contributed by atoms with van der Waals surface area (Å²) in [5, 5.41) is 7.87. The van der Waals surface area contributed by atoms with Gasteiger partial charge in [0.1, 0.15) is 5.39 Å². The highest BCUT2D eigenvalue weighted by atomic mass is 32.2. The Hall–Kier alpha value is -3.79. The van der Waals surface area contributed by atoms with Crippen LogP contribution in [0, 0.1) is 13.8 Å². The molecule has 10 heteroatoms. The minimum absolute atomic E-state index is 0.0701. The molecule has 2 N–H and O–H groups in total. The number of nitrogens with one attached hydrogen (secondary N) is 2. The molecule has 0 spiro atoms. The first-order chi connectivity index (χ1) is 15.5. The maximum atomic E-state index is 12.5. The Morgan fingerprint density at radius 1 is 1.16 bits per heavy atom. The number of hydrogen-bond acceptors (Lipinski definition) is 7. The van der Waals surface area contributed by atoms with Crippen LogP contribution in [0.3, 0.4) is 0 Å². The summed E-state index contributed by atoms with van der Waals surface area (Å²) in [6.07, 6.45) is 1.50. The van der Waals surface area contributed by atoms with Gasteiger partial charge in [-0.2, -0.15) is 5.10 Å². The predicted octanol–water partition coefficient (Wildman–Crippen LogP) is 3.19. The largest absolute Gasteiger partial charge is 0.454 e. The molecule has 2 aromatic heterocycles. The Morgan fingerprint density at radius 3 is 2.84 bits per heavy atom. The van der Waals surface area contributed by atoms with E-state index in [9.17, 15) is 9.59 Å². The second-order valence-electron chi connectivity index (χ2n) is 7.34. The number of fused-ring (bicyclic) bond motifs is 2.